The SMILES string of the molecule is CC#CCn1c(N2CCC[C@@H](N)C2)nc2cnn(C(c3cccnc3)c3nc4ccccc4[nH]3)c(=O)c21. The zero-order valence-electron chi connectivity index (χ0n) is 20.5. The maximum atomic E-state index is 14.2. The van der Waals surface area contributed by atoms with E-state index in [-0.39, 0.29) is 11.6 Å². The first-order valence-corrected chi connectivity index (χ1v) is 12.4. The number of rotatable bonds is 5. The average molecular weight is 494 g/mol. The molecule has 1 saturated heterocycles. The minimum Gasteiger partial charge on any atom is -0.341 e. The lowest BCUT2D eigenvalue weighted by atomic mass is 10.1. The van der Waals surface area contributed by atoms with Crippen molar-refractivity contribution < 1.29 is 0 Å². The van der Waals surface area contributed by atoms with E-state index in [1.54, 1.807) is 25.5 Å². The van der Waals surface area contributed by atoms with Gasteiger partial charge < -0.3 is 15.6 Å². The Kier molecular flexibility index (Phi) is 5.90. The fourth-order valence-corrected chi connectivity index (χ4v) is 5.03. The van der Waals surface area contributed by atoms with Crippen molar-refractivity contribution >= 4 is 28.0 Å². The topological polar surface area (TPSA) is 124 Å². The number of hydrogen-bond acceptors (Lipinski definition) is 7. The van der Waals surface area contributed by atoms with E-state index in [1.165, 1.54) is 4.68 Å². The van der Waals surface area contributed by atoms with Crippen molar-refractivity contribution in [2.75, 3.05) is 18.0 Å². The number of para-hydroxylation sites is 2. The lowest BCUT2D eigenvalue weighted by Gasteiger charge is -2.31. The normalized spacial score (nSPS) is 16.6. The molecule has 0 spiro atoms. The van der Waals surface area contributed by atoms with Crippen molar-refractivity contribution in [2.24, 2.45) is 5.73 Å². The molecular weight excluding hydrogens is 466 g/mol. The third-order valence-corrected chi connectivity index (χ3v) is 6.76. The molecule has 1 aliphatic heterocycles. The number of nitrogens with two attached hydrogens (primary N) is 1. The molecular formula is C27H27N9O. The largest absolute Gasteiger partial charge is 0.341 e. The zero-order chi connectivity index (χ0) is 25.4. The highest BCUT2D eigenvalue weighted by molar-refractivity contribution is 5.78. The van der Waals surface area contributed by atoms with Gasteiger partial charge in [0.25, 0.3) is 5.56 Å². The van der Waals surface area contributed by atoms with E-state index in [4.69, 9.17) is 15.7 Å². The second-order valence-corrected chi connectivity index (χ2v) is 9.23. The molecule has 37 heavy (non-hydrogen) atoms. The first kappa shape index (κ1) is 22.9. The minimum absolute atomic E-state index is 0.0668. The number of imidazole rings is 2. The van der Waals surface area contributed by atoms with Crippen LogP contribution >= 0.6 is 0 Å². The molecule has 1 aromatic carbocycles. The van der Waals surface area contributed by atoms with Crippen LogP contribution in [0, 0.1) is 11.8 Å². The smallest absolute Gasteiger partial charge is 0.294 e. The summed E-state index contributed by atoms with van der Waals surface area (Å²) >= 11 is 0. The fraction of sp³-hybridized carbons (Fsp3) is 0.296. The lowest BCUT2D eigenvalue weighted by Crippen LogP contribution is -2.44. The maximum Gasteiger partial charge on any atom is 0.294 e. The van der Waals surface area contributed by atoms with Crippen LogP contribution in [-0.2, 0) is 6.54 Å². The number of piperidine rings is 1. The Labute approximate surface area is 213 Å². The molecule has 5 aromatic rings. The van der Waals surface area contributed by atoms with Crippen molar-refractivity contribution in [3.63, 3.8) is 0 Å². The van der Waals surface area contributed by atoms with Crippen LogP contribution in [0.4, 0.5) is 5.95 Å². The average Bonchev–Trinajstić information content (AvgIpc) is 3.51. The van der Waals surface area contributed by atoms with E-state index in [0.29, 0.717) is 35.9 Å². The van der Waals surface area contributed by atoms with Crippen molar-refractivity contribution in [1.29, 1.82) is 0 Å². The quantitative estimate of drug-likeness (QED) is 0.361. The van der Waals surface area contributed by atoms with Crippen LogP contribution in [0.25, 0.3) is 22.1 Å². The molecule has 0 saturated carbocycles. The highest BCUT2D eigenvalue weighted by atomic mass is 16.1. The number of aromatic amines is 1. The van der Waals surface area contributed by atoms with Crippen LogP contribution in [0.15, 0.2) is 59.8 Å². The van der Waals surface area contributed by atoms with Gasteiger partial charge in [0.05, 0.1) is 23.8 Å². The second kappa shape index (κ2) is 9.52. The Morgan fingerprint density at radius 3 is 2.84 bits per heavy atom. The van der Waals surface area contributed by atoms with Crippen molar-refractivity contribution in [3.8, 4) is 11.8 Å². The molecule has 1 unspecified atom stereocenters. The van der Waals surface area contributed by atoms with Crippen LogP contribution in [0.3, 0.4) is 0 Å². The third-order valence-electron chi connectivity index (χ3n) is 6.76. The molecule has 0 amide bonds. The van der Waals surface area contributed by atoms with Crippen molar-refractivity contribution in [1.82, 2.24) is 34.3 Å². The summed E-state index contributed by atoms with van der Waals surface area (Å²) < 4.78 is 3.35. The number of H-pyrrole nitrogens is 1. The second-order valence-electron chi connectivity index (χ2n) is 9.23. The molecule has 5 heterocycles. The van der Waals surface area contributed by atoms with Crippen LogP contribution in [0.1, 0.15) is 37.2 Å². The van der Waals surface area contributed by atoms with Gasteiger partial charge >= 0.3 is 0 Å². The number of hydrogen-bond donors (Lipinski definition) is 2. The van der Waals surface area contributed by atoms with Crippen LogP contribution < -0.4 is 16.2 Å². The first-order chi connectivity index (χ1) is 18.1. The molecule has 3 N–H and O–H groups in total. The van der Waals surface area contributed by atoms with Crippen LogP contribution in [0.5, 0.6) is 0 Å². The van der Waals surface area contributed by atoms with Gasteiger partial charge in [-0.3, -0.25) is 14.3 Å². The monoisotopic (exact) mass is 493 g/mol. The van der Waals surface area contributed by atoms with Gasteiger partial charge in [-0.1, -0.05) is 24.1 Å². The number of nitrogens with zero attached hydrogens (tertiary/aromatic N) is 7. The number of anilines is 1. The summed E-state index contributed by atoms with van der Waals surface area (Å²) in [6.45, 7) is 3.64. The Morgan fingerprint density at radius 1 is 1.16 bits per heavy atom. The summed E-state index contributed by atoms with van der Waals surface area (Å²) in [6, 6.07) is 11.0. The molecule has 0 bridgehead atoms. The van der Waals surface area contributed by atoms with E-state index in [9.17, 15) is 4.79 Å². The molecule has 10 heteroatoms. The standard InChI is InChI=1S/C27H27N9O/c1-2-3-14-35-24-22(33-27(35)34-13-7-9-19(28)17-34)16-30-36(26(24)37)23(18-8-6-12-29-15-18)25-31-20-10-4-5-11-21(20)32-25/h4-6,8,10-12,15-16,19,23H,7,9,13-14,17,28H2,1H3,(H,31,32)/t19-,23?/m1/s1. The Bertz CT molecular complexity index is 1660. The van der Waals surface area contributed by atoms with E-state index >= 15 is 0 Å². The van der Waals surface area contributed by atoms with Gasteiger partial charge in [0.15, 0.2) is 0 Å². The molecule has 10 nitrogen and oxygen atoms in total. The fourth-order valence-electron chi connectivity index (χ4n) is 5.03. The van der Waals surface area contributed by atoms with E-state index in [2.05, 4.69) is 31.8 Å². The molecule has 1 fully saturated rings. The van der Waals surface area contributed by atoms with Crippen molar-refractivity contribution in [3.05, 3.63) is 76.7 Å². The number of aromatic nitrogens is 7. The number of nitrogens with one attached hydrogen (secondary N) is 1. The van der Waals surface area contributed by atoms with Gasteiger partial charge in [-0.25, -0.2) is 14.6 Å². The summed E-state index contributed by atoms with van der Waals surface area (Å²) in [4.78, 5) is 33.6. The van der Waals surface area contributed by atoms with Gasteiger partial charge in [0.1, 0.15) is 22.9 Å². The maximum absolute atomic E-state index is 14.2. The molecule has 0 aliphatic carbocycles. The van der Waals surface area contributed by atoms with E-state index in [1.807, 2.05) is 41.0 Å². The number of benzene rings is 1. The van der Waals surface area contributed by atoms with Gasteiger partial charge in [0, 0.05) is 37.1 Å². The lowest BCUT2D eigenvalue weighted by molar-refractivity contribution is 0.495. The first-order valence-electron chi connectivity index (χ1n) is 12.4. The van der Waals surface area contributed by atoms with E-state index < -0.39 is 6.04 Å². The molecule has 2 atom stereocenters. The third kappa shape index (κ3) is 4.13. The Morgan fingerprint density at radius 2 is 2.05 bits per heavy atom. The summed E-state index contributed by atoms with van der Waals surface area (Å²) in [6.07, 6.45) is 7.03. The summed E-state index contributed by atoms with van der Waals surface area (Å²) in [5, 5.41) is 4.59. The van der Waals surface area contributed by atoms with Gasteiger partial charge in [-0.15, -0.1) is 5.92 Å². The molecule has 186 valence electrons. The highest BCUT2D eigenvalue weighted by Gasteiger charge is 2.28. The Balaban J connectivity index is 1.56. The van der Waals surface area contributed by atoms with Crippen molar-refractivity contribution in [2.45, 2.75) is 38.4 Å². The number of pyridine rings is 1. The minimum atomic E-state index is -0.606. The molecule has 6 rings (SSSR count). The highest BCUT2D eigenvalue weighted by Crippen LogP contribution is 2.27. The Hall–Kier alpha value is -4.49. The summed E-state index contributed by atoms with van der Waals surface area (Å²) in [5.41, 5.74) is 9.46. The van der Waals surface area contributed by atoms with Gasteiger partial charge in [-0.05, 0) is 38.0 Å². The molecule has 4 aromatic heterocycles. The van der Waals surface area contributed by atoms with E-state index in [0.717, 1.165) is 36.0 Å². The summed E-state index contributed by atoms with van der Waals surface area (Å²) in [7, 11) is 0. The van der Waals surface area contributed by atoms with Gasteiger partial charge in [0.2, 0.25) is 5.95 Å². The summed E-state index contributed by atoms with van der Waals surface area (Å²) in [5.74, 6) is 7.35. The molecule has 1 aliphatic rings. The predicted octanol–water partition coefficient (Wildman–Crippen LogP) is 2.45. The predicted molar refractivity (Wildman–Crippen MR) is 142 cm³/mol. The number of fused-ring (bicyclic) bond motifs is 2. The van der Waals surface area contributed by atoms with Gasteiger partial charge in [-0.2, -0.15) is 5.10 Å². The van der Waals surface area contributed by atoms with Crippen LogP contribution in [-0.4, -0.2) is 53.4 Å². The zero-order valence-corrected chi connectivity index (χ0v) is 20.5. The van der Waals surface area contributed by atoms with Crippen LogP contribution in [0.2, 0.25) is 0 Å². The molecule has 0 radical (unpaired) electrons.